The van der Waals surface area contributed by atoms with Crippen molar-refractivity contribution in [3.63, 3.8) is 0 Å². The Morgan fingerprint density at radius 1 is 0.793 bits per heavy atom. The summed E-state index contributed by atoms with van der Waals surface area (Å²) in [4.78, 5) is 0. The number of nitrogens with one attached hydrogen (secondary N) is 2. The Labute approximate surface area is 175 Å². The van der Waals surface area contributed by atoms with Crippen molar-refractivity contribution in [2.24, 2.45) is 0 Å². The average Bonchev–Trinajstić information content (AvgIpc) is 2.72. The Kier molecular flexibility index (Phi) is 7.31. The number of para-hydroxylation sites is 2. The molecule has 2 N–H and O–H groups in total. The fraction of sp³-hybridized carbons (Fsp3) is 0.308. The van der Waals surface area contributed by atoms with E-state index in [1.807, 2.05) is 0 Å². The highest BCUT2D eigenvalue weighted by molar-refractivity contribution is 5.69. The van der Waals surface area contributed by atoms with Crippen LogP contribution >= 0.6 is 0 Å². The van der Waals surface area contributed by atoms with Gasteiger partial charge >= 0.3 is 0 Å². The van der Waals surface area contributed by atoms with E-state index >= 15 is 0 Å². The minimum atomic E-state index is 0.201. The number of methoxy groups -OCH3 is 1. The molecule has 0 aliphatic carbocycles. The SMILES string of the molecule is COCC(Cc1ccc(C)cc1)Nc1ccccc1NCc1ccc(C)c(C)c1. The first-order valence-electron chi connectivity index (χ1n) is 10.2. The highest BCUT2D eigenvalue weighted by Crippen LogP contribution is 2.24. The first kappa shape index (κ1) is 20.9. The number of hydrogen-bond donors (Lipinski definition) is 2. The Morgan fingerprint density at radius 2 is 1.48 bits per heavy atom. The maximum absolute atomic E-state index is 5.48. The molecular formula is C26H32N2O. The third-order valence-corrected chi connectivity index (χ3v) is 5.31. The lowest BCUT2D eigenvalue weighted by atomic mass is 10.0. The molecule has 0 aliphatic heterocycles. The molecule has 152 valence electrons. The molecule has 3 aromatic rings. The van der Waals surface area contributed by atoms with Gasteiger partial charge in [-0.05, 0) is 61.6 Å². The summed E-state index contributed by atoms with van der Waals surface area (Å²) in [7, 11) is 1.76. The molecule has 0 amide bonds. The van der Waals surface area contributed by atoms with E-state index in [1.54, 1.807) is 7.11 Å². The van der Waals surface area contributed by atoms with Crippen molar-refractivity contribution in [1.82, 2.24) is 0 Å². The second kappa shape index (κ2) is 10.1. The van der Waals surface area contributed by atoms with Crippen molar-refractivity contribution >= 4 is 11.4 Å². The summed E-state index contributed by atoms with van der Waals surface area (Å²) in [6.45, 7) is 7.88. The highest BCUT2D eigenvalue weighted by atomic mass is 16.5. The van der Waals surface area contributed by atoms with Crippen LogP contribution in [0.15, 0.2) is 66.7 Å². The van der Waals surface area contributed by atoms with Gasteiger partial charge in [-0.25, -0.2) is 0 Å². The van der Waals surface area contributed by atoms with Gasteiger partial charge in [0.25, 0.3) is 0 Å². The molecule has 0 saturated carbocycles. The number of benzene rings is 3. The van der Waals surface area contributed by atoms with Crippen LogP contribution in [-0.2, 0) is 17.7 Å². The molecule has 3 aromatic carbocycles. The summed E-state index contributed by atoms with van der Waals surface area (Å²) in [5, 5.41) is 7.27. The average molecular weight is 389 g/mol. The second-order valence-electron chi connectivity index (χ2n) is 7.80. The molecule has 0 radical (unpaired) electrons. The molecule has 0 aliphatic rings. The molecule has 3 nitrogen and oxygen atoms in total. The Morgan fingerprint density at radius 3 is 2.17 bits per heavy atom. The van der Waals surface area contributed by atoms with Crippen molar-refractivity contribution in [3.8, 4) is 0 Å². The zero-order valence-corrected chi connectivity index (χ0v) is 18.0. The number of aryl methyl sites for hydroxylation is 3. The van der Waals surface area contributed by atoms with Gasteiger partial charge in [0.1, 0.15) is 0 Å². The minimum Gasteiger partial charge on any atom is -0.383 e. The maximum atomic E-state index is 5.48. The molecule has 3 heteroatoms. The van der Waals surface area contributed by atoms with Crippen molar-refractivity contribution in [2.75, 3.05) is 24.4 Å². The summed E-state index contributed by atoms with van der Waals surface area (Å²) < 4.78 is 5.48. The van der Waals surface area contributed by atoms with Crippen molar-refractivity contribution < 1.29 is 4.74 Å². The number of rotatable bonds is 9. The fourth-order valence-electron chi connectivity index (χ4n) is 3.46. The Hall–Kier alpha value is -2.78. The van der Waals surface area contributed by atoms with Gasteiger partial charge in [-0.2, -0.15) is 0 Å². The summed E-state index contributed by atoms with van der Waals surface area (Å²) >= 11 is 0. The quantitative estimate of drug-likeness (QED) is 0.479. The number of hydrogen-bond acceptors (Lipinski definition) is 3. The molecule has 0 fully saturated rings. The smallest absolute Gasteiger partial charge is 0.0667 e. The van der Waals surface area contributed by atoms with Crippen LogP contribution < -0.4 is 10.6 Å². The van der Waals surface area contributed by atoms with Crippen LogP contribution in [-0.4, -0.2) is 19.8 Å². The van der Waals surface area contributed by atoms with Gasteiger partial charge in [0.2, 0.25) is 0 Å². The number of anilines is 2. The lowest BCUT2D eigenvalue weighted by molar-refractivity contribution is 0.185. The lowest BCUT2D eigenvalue weighted by Crippen LogP contribution is -2.28. The van der Waals surface area contributed by atoms with Crippen LogP contribution in [0.4, 0.5) is 11.4 Å². The van der Waals surface area contributed by atoms with Gasteiger partial charge in [-0.3, -0.25) is 0 Å². The topological polar surface area (TPSA) is 33.3 Å². The normalized spacial score (nSPS) is 11.9. The van der Waals surface area contributed by atoms with E-state index in [2.05, 4.69) is 98.1 Å². The van der Waals surface area contributed by atoms with Gasteiger partial charge < -0.3 is 15.4 Å². The zero-order valence-electron chi connectivity index (χ0n) is 18.0. The summed E-state index contributed by atoms with van der Waals surface area (Å²) in [6, 6.07) is 23.9. The van der Waals surface area contributed by atoms with Crippen LogP contribution in [0.1, 0.15) is 27.8 Å². The molecule has 0 bridgehead atoms. The molecule has 3 rings (SSSR count). The van der Waals surface area contributed by atoms with Crippen LogP contribution in [0.3, 0.4) is 0 Å². The van der Waals surface area contributed by atoms with Crippen molar-refractivity contribution in [1.29, 1.82) is 0 Å². The van der Waals surface area contributed by atoms with Gasteiger partial charge in [0.15, 0.2) is 0 Å². The summed E-state index contributed by atoms with van der Waals surface area (Å²) in [5.74, 6) is 0. The molecule has 0 heterocycles. The van der Waals surface area contributed by atoms with Crippen molar-refractivity contribution in [3.05, 3.63) is 94.5 Å². The Balaban J connectivity index is 1.70. The second-order valence-corrected chi connectivity index (χ2v) is 7.80. The predicted molar refractivity (Wildman–Crippen MR) is 124 cm³/mol. The fourth-order valence-corrected chi connectivity index (χ4v) is 3.46. The van der Waals surface area contributed by atoms with Gasteiger partial charge in [0.05, 0.1) is 24.0 Å². The molecule has 1 atom stereocenters. The molecular weight excluding hydrogens is 356 g/mol. The van der Waals surface area contributed by atoms with E-state index < -0.39 is 0 Å². The number of ether oxygens (including phenoxy) is 1. The van der Waals surface area contributed by atoms with E-state index in [1.165, 1.54) is 27.8 Å². The monoisotopic (exact) mass is 388 g/mol. The largest absolute Gasteiger partial charge is 0.383 e. The first-order valence-corrected chi connectivity index (χ1v) is 10.2. The van der Waals surface area contributed by atoms with Gasteiger partial charge in [-0.15, -0.1) is 0 Å². The minimum absolute atomic E-state index is 0.201. The molecule has 0 saturated heterocycles. The molecule has 29 heavy (non-hydrogen) atoms. The maximum Gasteiger partial charge on any atom is 0.0667 e. The van der Waals surface area contributed by atoms with Gasteiger partial charge in [-0.1, -0.05) is 60.2 Å². The third kappa shape index (κ3) is 6.10. The van der Waals surface area contributed by atoms with Crippen molar-refractivity contribution in [2.45, 2.75) is 39.8 Å². The standard InChI is InChI=1S/C26H32N2O/c1-19-9-12-22(13-10-19)16-24(18-29-4)28-26-8-6-5-7-25(26)27-17-23-14-11-20(2)21(3)15-23/h5-15,24,27-28H,16-18H2,1-4H3. The molecule has 0 spiro atoms. The van der Waals surface area contributed by atoms with E-state index in [4.69, 9.17) is 4.74 Å². The highest BCUT2D eigenvalue weighted by Gasteiger charge is 2.12. The van der Waals surface area contributed by atoms with E-state index in [-0.39, 0.29) is 6.04 Å². The van der Waals surface area contributed by atoms with Gasteiger partial charge in [0, 0.05) is 13.7 Å². The lowest BCUT2D eigenvalue weighted by Gasteiger charge is -2.22. The summed E-state index contributed by atoms with van der Waals surface area (Å²) in [6.07, 6.45) is 0.916. The first-order chi connectivity index (χ1) is 14.0. The predicted octanol–water partition coefficient (Wildman–Crippen LogP) is 5.89. The van der Waals surface area contributed by atoms with E-state index in [9.17, 15) is 0 Å². The van der Waals surface area contributed by atoms with E-state index in [0.717, 1.165) is 24.3 Å². The van der Waals surface area contributed by atoms with Crippen LogP contribution in [0.5, 0.6) is 0 Å². The zero-order chi connectivity index (χ0) is 20.6. The van der Waals surface area contributed by atoms with Crippen LogP contribution in [0, 0.1) is 20.8 Å². The third-order valence-electron chi connectivity index (χ3n) is 5.31. The Bertz CT molecular complexity index is 918. The molecule has 0 aromatic heterocycles. The van der Waals surface area contributed by atoms with Crippen LogP contribution in [0.2, 0.25) is 0 Å². The van der Waals surface area contributed by atoms with Crippen LogP contribution in [0.25, 0.3) is 0 Å². The van der Waals surface area contributed by atoms with E-state index in [0.29, 0.717) is 6.61 Å². The summed E-state index contributed by atoms with van der Waals surface area (Å²) in [5.41, 5.74) is 8.75. The molecule has 1 unspecified atom stereocenters.